The molecule has 2 aromatic carbocycles. The summed E-state index contributed by atoms with van der Waals surface area (Å²) in [6.07, 6.45) is 4.78. The fourth-order valence-corrected chi connectivity index (χ4v) is 3.69. The second kappa shape index (κ2) is 12.4. The molecule has 0 heterocycles. The van der Waals surface area contributed by atoms with E-state index in [1.807, 2.05) is 12.1 Å². The van der Waals surface area contributed by atoms with Crippen molar-refractivity contribution in [2.75, 3.05) is 13.1 Å². The van der Waals surface area contributed by atoms with E-state index in [1.165, 1.54) is 12.1 Å². The van der Waals surface area contributed by atoms with Crippen LogP contribution in [0.5, 0.6) is 0 Å². The lowest BCUT2D eigenvalue weighted by Gasteiger charge is -2.16. The summed E-state index contributed by atoms with van der Waals surface area (Å²) in [6.45, 7) is 5.17. The Bertz CT molecular complexity index is 786. The summed E-state index contributed by atoms with van der Waals surface area (Å²) in [4.78, 5) is 12.0. The van der Waals surface area contributed by atoms with Crippen LogP contribution in [0.25, 0.3) is 0 Å². The van der Waals surface area contributed by atoms with Crippen LogP contribution in [0.15, 0.2) is 36.4 Å². The van der Waals surface area contributed by atoms with Crippen molar-refractivity contribution in [2.24, 2.45) is 5.92 Å². The molecule has 2 rings (SSSR count). The Morgan fingerprint density at radius 2 is 1.60 bits per heavy atom. The minimum absolute atomic E-state index is 0.213. The van der Waals surface area contributed by atoms with Crippen LogP contribution in [0.1, 0.15) is 47.9 Å². The maximum absolute atomic E-state index is 13.8. The Hall–Kier alpha value is -2.31. The number of unbranched alkanes of at least 4 members (excludes halogenated alkanes) is 1. The highest BCUT2D eigenvalue weighted by atomic mass is 19.1. The summed E-state index contributed by atoms with van der Waals surface area (Å²) >= 11 is 0. The van der Waals surface area contributed by atoms with E-state index >= 15 is 0 Å². The van der Waals surface area contributed by atoms with E-state index in [1.54, 1.807) is 31.5 Å². The van der Waals surface area contributed by atoms with Gasteiger partial charge in [0.05, 0.1) is 0 Å². The molecular formula is C24H32F2N2O2. The van der Waals surface area contributed by atoms with Gasteiger partial charge in [-0.3, -0.25) is 10.0 Å². The average molecular weight is 419 g/mol. The lowest BCUT2D eigenvalue weighted by atomic mass is 9.91. The molecule has 0 radical (unpaired) electrons. The van der Waals surface area contributed by atoms with Crippen LogP contribution < -0.4 is 10.8 Å². The predicted octanol–water partition coefficient (Wildman–Crippen LogP) is 4.64. The van der Waals surface area contributed by atoms with Gasteiger partial charge in [0, 0.05) is 5.92 Å². The molecule has 1 atom stereocenters. The molecule has 0 unspecified atom stereocenters. The van der Waals surface area contributed by atoms with Gasteiger partial charge < -0.3 is 5.32 Å². The van der Waals surface area contributed by atoms with E-state index in [0.29, 0.717) is 24.0 Å². The average Bonchev–Trinajstić information content (AvgIpc) is 2.73. The van der Waals surface area contributed by atoms with Gasteiger partial charge in [0.15, 0.2) is 0 Å². The van der Waals surface area contributed by atoms with Gasteiger partial charge in [0.1, 0.15) is 11.6 Å². The number of carbonyl (C=O) groups excluding carboxylic acids is 1. The summed E-state index contributed by atoms with van der Waals surface area (Å²) in [6, 6.07) is 10.1. The van der Waals surface area contributed by atoms with Gasteiger partial charge in [-0.25, -0.2) is 14.3 Å². The molecule has 164 valence electrons. The van der Waals surface area contributed by atoms with Gasteiger partial charge >= 0.3 is 0 Å². The minimum atomic E-state index is -0.401. The first kappa shape index (κ1) is 24.0. The zero-order valence-corrected chi connectivity index (χ0v) is 17.8. The fraction of sp³-hybridized carbons (Fsp3) is 0.458. The first-order valence-corrected chi connectivity index (χ1v) is 10.6. The van der Waals surface area contributed by atoms with Crippen LogP contribution in [0.3, 0.4) is 0 Å². The molecule has 1 amide bonds. The molecular weight excluding hydrogens is 386 g/mol. The molecule has 0 aromatic heterocycles. The van der Waals surface area contributed by atoms with Crippen LogP contribution >= 0.6 is 0 Å². The maximum Gasteiger partial charge on any atom is 0.246 e. The molecule has 0 fully saturated rings. The Labute approximate surface area is 177 Å². The number of carbonyl (C=O) groups is 1. The summed E-state index contributed by atoms with van der Waals surface area (Å²) in [5.74, 6) is -1.18. The quantitative estimate of drug-likeness (QED) is 0.267. The van der Waals surface area contributed by atoms with Gasteiger partial charge in [-0.2, -0.15) is 0 Å². The molecule has 0 spiro atoms. The van der Waals surface area contributed by atoms with Gasteiger partial charge in [-0.05, 0) is 93.4 Å². The summed E-state index contributed by atoms with van der Waals surface area (Å²) < 4.78 is 26.7. The van der Waals surface area contributed by atoms with Crippen molar-refractivity contribution in [1.82, 2.24) is 10.8 Å². The van der Waals surface area contributed by atoms with Crippen LogP contribution in [0, 0.1) is 31.4 Å². The second-order valence-corrected chi connectivity index (χ2v) is 7.90. The van der Waals surface area contributed by atoms with Crippen LogP contribution in [0.4, 0.5) is 8.78 Å². The molecule has 0 bridgehead atoms. The normalized spacial score (nSPS) is 12.0. The van der Waals surface area contributed by atoms with E-state index in [4.69, 9.17) is 5.21 Å². The number of nitrogens with one attached hydrogen (secondary N) is 2. The van der Waals surface area contributed by atoms with Crippen LogP contribution in [0.2, 0.25) is 0 Å². The van der Waals surface area contributed by atoms with Crippen molar-refractivity contribution in [1.29, 1.82) is 0 Å². The number of aryl methyl sites for hydroxylation is 3. The van der Waals surface area contributed by atoms with E-state index in [2.05, 4.69) is 5.32 Å². The zero-order chi connectivity index (χ0) is 21.9. The minimum Gasteiger partial charge on any atom is -0.317 e. The largest absolute Gasteiger partial charge is 0.317 e. The lowest BCUT2D eigenvalue weighted by molar-refractivity contribution is -0.133. The number of hydroxylamine groups is 1. The van der Waals surface area contributed by atoms with E-state index < -0.39 is 5.91 Å². The van der Waals surface area contributed by atoms with Gasteiger partial charge in [0.25, 0.3) is 0 Å². The first-order chi connectivity index (χ1) is 14.4. The predicted molar refractivity (Wildman–Crippen MR) is 114 cm³/mol. The standard InChI is InChI=1S/C24H32F2N2O2/c1-17-14-20(15-18(2)23(17)26)16-21(24(29)28-30)7-3-4-12-27-13-5-6-19-8-10-22(25)11-9-19/h8-11,14-15,21,27,30H,3-7,12-13,16H2,1-2H3,(H,28,29)/t21-/m0/s1. The highest BCUT2D eigenvalue weighted by molar-refractivity contribution is 5.77. The van der Waals surface area contributed by atoms with Crippen molar-refractivity contribution >= 4 is 5.91 Å². The lowest BCUT2D eigenvalue weighted by Crippen LogP contribution is -2.29. The third kappa shape index (κ3) is 7.84. The molecule has 0 saturated heterocycles. The zero-order valence-electron chi connectivity index (χ0n) is 17.8. The third-order valence-electron chi connectivity index (χ3n) is 5.35. The van der Waals surface area contributed by atoms with E-state index in [9.17, 15) is 13.6 Å². The van der Waals surface area contributed by atoms with Crippen molar-refractivity contribution in [2.45, 2.75) is 52.4 Å². The molecule has 0 aliphatic carbocycles. The highest BCUT2D eigenvalue weighted by Gasteiger charge is 2.19. The summed E-state index contributed by atoms with van der Waals surface area (Å²) in [5.41, 5.74) is 4.93. The molecule has 0 aliphatic rings. The fourth-order valence-electron chi connectivity index (χ4n) is 3.69. The van der Waals surface area contributed by atoms with Crippen LogP contribution in [-0.2, 0) is 17.6 Å². The number of halogens is 2. The number of hydrogen-bond acceptors (Lipinski definition) is 3. The summed E-state index contributed by atoms with van der Waals surface area (Å²) in [7, 11) is 0. The third-order valence-corrected chi connectivity index (χ3v) is 5.35. The Kier molecular flexibility index (Phi) is 9.91. The van der Waals surface area contributed by atoms with Crippen molar-refractivity contribution in [3.05, 3.63) is 70.3 Å². The van der Waals surface area contributed by atoms with Crippen molar-refractivity contribution in [3.8, 4) is 0 Å². The number of hydrogen-bond donors (Lipinski definition) is 3. The Morgan fingerprint density at radius 1 is 0.967 bits per heavy atom. The Balaban J connectivity index is 1.68. The molecule has 0 saturated carbocycles. The van der Waals surface area contributed by atoms with Gasteiger partial charge in [-0.15, -0.1) is 0 Å². The molecule has 2 aromatic rings. The SMILES string of the molecule is Cc1cc(C[C@H](CCCCNCCCc2ccc(F)cc2)C(=O)NO)cc(C)c1F. The maximum atomic E-state index is 13.8. The highest BCUT2D eigenvalue weighted by Crippen LogP contribution is 2.20. The first-order valence-electron chi connectivity index (χ1n) is 10.6. The number of amides is 1. The van der Waals surface area contributed by atoms with Gasteiger partial charge in [0.2, 0.25) is 5.91 Å². The summed E-state index contributed by atoms with van der Waals surface area (Å²) in [5, 5.41) is 12.4. The Morgan fingerprint density at radius 3 is 2.23 bits per heavy atom. The van der Waals surface area contributed by atoms with Gasteiger partial charge in [-0.1, -0.05) is 30.7 Å². The smallest absolute Gasteiger partial charge is 0.246 e. The second-order valence-electron chi connectivity index (χ2n) is 7.90. The molecule has 3 N–H and O–H groups in total. The molecule has 30 heavy (non-hydrogen) atoms. The topological polar surface area (TPSA) is 61.4 Å². The van der Waals surface area contributed by atoms with Crippen LogP contribution in [-0.4, -0.2) is 24.2 Å². The van der Waals surface area contributed by atoms with Crippen molar-refractivity contribution in [3.63, 3.8) is 0 Å². The van der Waals surface area contributed by atoms with Crippen molar-refractivity contribution < 1.29 is 18.8 Å². The van der Waals surface area contributed by atoms with E-state index in [0.717, 1.165) is 49.9 Å². The molecule has 0 aliphatic heterocycles. The monoisotopic (exact) mass is 418 g/mol. The number of rotatable bonds is 12. The molecule has 6 heteroatoms. The molecule has 4 nitrogen and oxygen atoms in total. The number of benzene rings is 2. The van der Waals surface area contributed by atoms with E-state index in [-0.39, 0.29) is 17.6 Å².